The molecule has 5 rings (SSSR count). The van der Waals surface area contributed by atoms with Gasteiger partial charge in [0.25, 0.3) is 5.91 Å². The molecule has 2 fully saturated rings. The van der Waals surface area contributed by atoms with E-state index in [-0.39, 0.29) is 29.1 Å². The summed E-state index contributed by atoms with van der Waals surface area (Å²) in [6.45, 7) is 7.14. The van der Waals surface area contributed by atoms with Crippen molar-refractivity contribution in [3.8, 4) is 0 Å². The van der Waals surface area contributed by atoms with Gasteiger partial charge in [-0.3, -0.25) is 4.79 Å². The third-order valence-corrected chi connectivity index (χ3v) is 6.76. The topological polar surface area (TPSA) is 107 Å². The van der Waals surface area contributed by atoms with Gasteiger partial charge in [0.15, 0.2) is 0 Å². The molecule has 0 radical (unpaired) electrons. The van der Waals surface area contributed by atoms with Gasteiger partial charge in [0, 0.05) is 29.5 Å². The van der Waals surface area contributed by atoms with Crippen LogP contribution in [0.3, 0.4) is 0 Å². The fourth-order valence-electron chi connectivity index (χ4n) is 3.93. The summed E-state index contributed by atoms with van der Waals surface area (Å²) in [7, 11) is 0. The minimum Gasteiger partial charge on any atom is -0.351 e. The lowest BCUT2D eigenvalue weighted by Gasteiger charge is -2.15. The molecule has 34 heavy (non-hydrogen) atoms. The molecule has 0 unspecified atom stereocenters. The Morgan fingerprint density at radius 2 is 1.35 bits per heavy atom. The lowest BCUT2D eigenvalue weighted by Crippen LogP contribution is -2.33. The quantitative estimate of drug-likeness (QED) is 0.556. The third-order valence-electron chi connectivity index (χ3n) is 6.76. The van der Waals surface area contributed by atoms with E-state index < -0.39 is 0 Å². The van der Waals surface area contributed by atoms with E-state index >= 15 is 0 Å². The minimum absolute atomic E-state index is 0. The number of nitrogens with two attached hydrogens (primary N) is 1. The first-order valence-electron chi connectivity index (χ1n) is 11.5. The molecule has 8 heteroatoms. The van der Waals surface area contributed by atoms with E-state index in [2.05, 4.69) is 25.7 Å². The molecule has 0 aliphatic heterocycles. The Morgan fingerprint density at radius 3 is 1.79 bits per heavy atom. The highest BCUT2D eigenvalue weighted by Gasteiger charge is 2.46. The lowest BCUT2D eigenvalue weighted by molar-refractivity contribution is 0.0949. The van der Waals surface area contributed by atoms with Crippen molar-refractivity contribution in [2.24, 2.45) is 5.73 Å². The molecule has 2 heterocycles. The molecule has 180 valence electrons. The Labute approximate surface area is 207 Å². The van der Waals surface area contributed by atoms with Crippen LogP contribution in [-0.4, -0.2) is 39.4 Å². The van der Waals surface area contributed by atoms with Crippen LogP contribution in [0.5, 0.6) is 0 Å². The summed E-state index contributed by atoms with van der Waals surface area (Å²) in [5.74, 6) is -0.0144. The monoisotopic (exact) mass is 480 g/mol. The molecule has 1 aromatic carbocycles. The van der Waals surface area contributed by atoms with Crippen LogP contribution in [0.15, 0.2) is 48.5 Å². The van der Waals surface area contributed by atoms with Crippen LogP contribution in [-0.2, 0) is 10.8 Å². The van der Waals surface area contributed by atoms with Crippen molar-refractivity contribution in [1.29, 1.82) is 0 Å². The number of nitrogens with zero attached hydrogens (tertiary/aromatic N) is 4. The standard InChI is InChI=1S/C17H19N3O.C9H13N3.ClH/c1-12-5-3-4-6-14(12)16(21)18-11-17(9-10-17)15-8-7-13(2)19-20-15;1-7-2-3-8(12-11-7)9(6-10)4-5-9;/h3-8H,9-11H2,1-2H3,(H,18,21);2-3H,4-6,10H2,1H3;1H. The summed E-state index contributed by atoms with van der Waals surface area (Å²) in [6, 6.07) is 15.7. The molecule has 0 spiro atoms. The van der Waals surface area contributed by atoms with Crippen LogP contribution in [0.1, 0.15) is 64.4 Å². The van der Waals surface area contributed by atoms with Crippen LogP contribution in [0, 0.1) is 20.8 Å². The maximum atomic E-state index is 12.3. The SMILES string of the molecule is Cc1ccc(C2(CN)CC2)nn1.Cc1ccc(C2(CNC(=O)c3ccccc3C)CC2)nn1.Cl. The normalized spacial score (nSPS) is 16.4. The first-order valence-corrected chi connectivity index (χ1v) is 11.5. The fourth-order valence-corrected chi connectivity index (χ4v) is 3.93. The van der Waals surface area contributed by atoms with E-state index in [1.807, 2.05) is 69.3 Å². The molecule has 1 amide bonds. The summed E-state index contributed by atoms with van der Waals surface area (Å²) >= 11 is 0. The first kappa shape index (κ1) is 25.7. The number of amides is 1. The van der Waals surface area contributed by atoms with E-state index in [4.69, 9.17) is 5.73 Å². The van der Waals surface area contributed by atoms with E-state index in [1.54, 1.807) is 0 Å². The Kier molecular flexibility index (Phi) is 8.00. The maximum Gasteiger partial charge on any atom is 0.251 e. The van der Waals surface area contributed by atoms with Gasteiger partial charge in [0.2, 0.25) is 0 Å². The zero-order valence-electron chi connectivity index (χ0n) is 20.0. The molecule has 3 N–H and O–H groups in total. The van der Waals surface area contributed by atoms with Crippen molar-refractivity contribution in [1.82, 2.24) is 25.7 Å². The lowest BCUT2D eigenvalue weighted by atomic mass is 10.0. The zero-order chi connectivity index (χ0) is 23.5. The van der Waals surface area contributed by atoms with E-state index in [1.165, 1.54) is 12.8 Å². The average molecular weight is 481 g/mol. The smallest absolute Gasteiger partial charge is 0.251 e. The molecule has 0 bridgehead atoms. The van der Waals surface area contributed by atoms with Gasteiger partial charge < -0.3 is 11.1 Å². The molecule has 3 aromatic rings. The number of hydrogen-bond donors (Lipinski definition) is 2. The van der Waals surface area contributed by atoms with Crippen LogP contribution in [0.25, 0.3) is 0 Å². The van der Waals surface area contributed by atoms with Crippen molar-refractivity contribution in [2.45, 2.75) is 57.3 Å². The number of halogens is 1. The minimum atomic E-state index is -0.0148. The Hall–Kier alpha value is -2.90. The number of aryl methyl sites for hydroxylation is 3. The number of carbonyl (C=O) groups excluding carboxylic acids is 1. The summed E-state index contributed by atoms with van der Waals surface area (Å²) in [4.78, 5) is 12.3. The first-order chi connectivity index (χ1) is 15.9. The van der Waals surface area contributed by atoms with E-state index in [9.17, 15) is 4.79 Å². The van der Waals surface area contributed by atoms with Gasteiger partial charge in [-0.05, 0) is 82.3 Å². The second kappa shape index (κ2) is 10.6. The number of benzene rings is 1. The molecule has 2 aromatic heterocycles. The fraction of sp³-hybridized carbons (Fsp3) is 0.423. The Morgan fingerprint density at radius 1 is 0.824 bits per heavy atom. The van der Waals surface area contributed by atoms with Crippen LogP contribution in [0.4, 0.5) is 0 Å². The summed E-state index contributed by atoms with van der Waals surface area (Å²) in [5.41, 5.74) is 11.5. The molecule has 2 aliphatic carbocycles. The Balaban J connectivity index is 0.000000212. The number of hydrogen-bond acceptors (Lipinski definition) is 6. The molecular formula is C26H33ClN6O. The van der Waals surface area contributed by atoms with E-state index in [0.29, 0.717) is 13.1 Å². The largest absolute Gasteiger partial charge is 0.351 e. The third kappa shape index (κ3) is 5.77. The molecule has 0 atom stereocenters. The van der Waals surface area contributed by atoms with Gasteiger partial charge in [0.05, 0.1) is 22.8 Å². The highest BCUT2D eigenvalue weighted by Crippen LogP contribution is 2.47. The molecule has 2 saturated carbocycles. The molecule has 0 saturated heterocycles. The van der Waals surface area contributed by atoms with Gasteiger partial charge >= 0.3 is 0 Å². The summed E-state index contributed by atoms with van der Waals surface area (Å²) in [5, 5.41) is 19.6. The summed E-state index contributed by atoms with van der Waals surface area (Å²) in [6.07, 6.45) is 4.44. The number of aromatic nitrogens is 4. The van der Waals surface area contributed by atoms with Crippen molar-refractivity contribution in [3.63, 3.8) is 0 Å². The Bertz CT molecular complexity index is 1110. The van der Waals surface area contributed by atoms with Crippen molar-refractivity contribution in [3.05, 3.63) is 82.4 Å². The van der Waals surface area contributed by atoms with Crippen molar-refractivity contribution >= 4 is 18.3 Å². The van der Waals surface area contributed by atoms with Crippen molar-refractivity contribution < 1.29 is 4.79 Å². The second-order valence-electron chi connectivity index (χ2n) is 9.38. The van der Waals surface area contributed by atoms with Gasteiger partial charge in [0.1, 0.15) is 0 Å². The van der Waals surface area contributed by atoms with Gasteiger partial charge in [-0.1, -0.05) is 18.2 Å². The maximum absolute atomic E-state index is 12.3. The number of rotatable bonds is 6. The molecule has 2 aliphatic rings. The van der Waals surface area contributed by atoms with Gasteiger partial charge in [-0.2, -0.15) is 20.4 Å². The highest BCUT2D eigenvalue weighted by atomic mass is 35.5. The molecular weight excluding hydrogens is 448 g/mol. The second-order valence-corrected chi connectivity index (χ2v) is 9.38. The van der Waals surface area contributed by atoms with Crippen LogP contribution >= 0.6 is 12.4 Å². The van der Waals surface area contributed by atoms with Crippen LogP contribution in [0.2, 0.25) is 0 Å². The predicted molar refractivity (Wildman–Crippen MR) is 135 cm³/mol. The van der Waals surface area contributed by atoms with Crippen LogP contribution < -0.4 is 11.1 Å². The number of nitrogens with one attached hydrogen (secondary N) is 1. The highest BCUT2D eigenvalue weighted by molar-refractivity contribution is 5.95. The zero-order valence-corrected chi connectivity index (χ0v) is 20.9. The van der Waals surface area contributed by atoms with Gasteiger partial charge in [-0.25, -0.2) is 0 Å². The summed E-state index contributed by atoms with van der Waals surface area (Å²) < 4.78 is 0. The average Bonchev–Trinajstić information content (AvgIpc) is 3.75. The predicted octanol–water partition coefficient (Wildman–Crippen LogP) is 3.75. The molecule has 7 nitrogen and oxygen atoms in total. The number of carbonyl (C=O) groups is 1. The van der Waals surface area contributed by atoms with Crippen molar-refractivity contribution in [2.75, 3.05) is 13.1 Å². The van der Waals surface area contributed by atoms with Gasteiger partial charge in [-0.15, -0.1) is 12.4 Å². The van der Waals surface area contributed by atoms with E-state index in [0.717, 1.165) is 46.7 Å².